The highest BCUT2D eigenvalue weighted by Crippen LogP contribution is 2.33. The number of carbonyl (C=O) groups is 1. The minimum atomic E-state index is -3.72. The SMILES string of the molecule is CCCN(c1ccc2sc(C(=O)Nc3cc(Cl)ccc3C)cc2c1)S(=O)(=O)c1ccc(C)cc1. The van der Waals surface area contributed by atoms with E-state index in [9.17, 15) is 13.2 Å². The zero-order valence-electron chi connectivity index (χ0n) is 19.1. The van der Waals surface area contributed by atoms with Crippen molar-refractivity contribution in [3.05, 3.63) is 87.8 Å². The summed E-state index contributed by atoms with van der Waals surface area (Å²) in [5, 5.41) is 4.28. The fraction of sp³-hybridized carbons (Fsp3) is 0.192. The fourth-order valence-corrected chi connectivity index (χ4v) is 6.30. The largest absolute Gasteiger partial charge is 0.321 e. The summed E-state index contributed by atoms with van der Waals surface area (Å²) in [7, 11) is -3.72. The van der Waals surface area contributed by atoms with E-state index in [2.05, 4.69) is 5.32 Å². The van der Waals surface area contributed by atoms with Crippen LogP contribution in [0, 0.1) is 13.8 Å². The van der Waals surface area contributed by atoms with Crippen LogP contribution in [0.5, 0.6) is 0 Å². The molecule has 4 rings (SSSR count). The van der Waals surface area contributed by atoms with Crippen LogP contribution in [-0.4, -0.2) is 20.9 Å². The number of nitrogens with one attached hydrogen (secondary N) is 1. The van der Waals surface area contributed by atoms with Crippen LogP contribution in [0.15, 0.2) is 71.6 Å². The van der Waals surface area contributed by atoms with Crippen LogP contribution < -0.4 is 9.62 Å². The molecule has 0 unspecified atom stereocenters. The van der Waals surface area contributed by atoms with E-state index >= 15 is 0 Å². The van der Waals surface area contributed by atoms with Crippen molar-refractivity contribution in [2.75, 3.05) is 16.2 Å². The number of hydrogen-bond acceptors (Lipinski definition) is 4. The first kappa shape index (κ1) is 24.3. The molecule has 34 heavy (non-hydrogen) atoms. The van der Waals surface area contributed by atoms with Crippen LogP contribution in [0.2, 0.25) is 5.02 Å². The summed E-state index contributed by atoms with van der Waals surface area (Å²) in [6.07, 6.45) is 0.666. The quantitative estimate of drug-likeness (QED) is 0.289. The standard InChI is InChI=1S/C26H25ClN2O3S2/c1-4-13-29(34(31,32)22-10-5-17(2)6-11-22)21-9-12-24-19(14-21)15-25(33-24)26(30)28-23-16-20(27)8-7-18(23)3/h5-12,14-16H,4,13H2,1-3H3,(H,28,30). The first-order valence-corrected chi connectivity index (χ1v) is 13.5. The number of thiophene rings is 1. The number of fused-ring (bicyclic) bond motifs is 1. The molecule has 4 aromatic rings. The molecular formula is C26H25ClN2O3S2. The van der Waals surface area contributed by atoms with Crippen LogP contribution >= 0.6 is 22.9 Å². The van der Waals surface area contributed by atoms with Gasteiger partial charge in [0.05, 0.1) is 15.5 Å². The Hall–Kier alpha value is -2.87. The van der Waals surface area contributed by atoms with Crippen LogP contribution in [0.1, 0.15) is 34.1 Å². The van der Waals surface area contributed by atoms with Gasteiger partial charge in [0.2, 0.25) is 0 Å². The molecule has 1 heterocycles. The minimum absolute atomic E-state index is 0.231. The van der Waals surface area contributed by atoms with E-state index in [1.807, 2.05) is 39.0 Å². The Labute approximate surface area is 209 Å². The Balaban J connectivity index is 1.66. The van der Waals surface area contributed by atoms with E-state index in [0.717, 1.165) is 21.2 Å². The van der Waals surface area contributed by atoms with Crippen LogP contribution in [0.4, 0.5) is 11.4 Å². The molecule has 1 amide bonds. The molecule has 0 aliphatic rings. The van der Waals surface area contributed by atoms with E-state index in [0.29, 0.717) is 34.2 Å². The third-order valence-electron chi connectivity index (χ3n) is 5.50. The highest BCUT2D eigenvalue weighted by Gasteiger charge is 2.25. The monoisotopic (exact) mass is 512 g/mol. The molecule has 1 aromatic heterocycles. The zero-order valence-corrected chi connectivity index (χ0v) is 21.5. The van der Waals surface area contributed by atoms with Crippen molar-refractivity contribution in [2.45, 2.75) is 32.1 Å². The van der Waals surface area contributed by atoms with Crippen molar-refractivity contribution in [2.24, 2.45) is 0 Å². The van der Waals surface area contributed by atoms with Crippen LogP contribution in [0.3, 0.4) is 0 Å². The molecule has 0 saturated heterocycles. The van der Waals surface area contributed by atoms with Crippen molar-refractivity contribution in [1.29, 1.82) is 0 Å². The number of anilines is 2. The fourth-order valence-electron chi connectivity index (χ4n) is 3.64. The second-order valence-electron chi connectivity index (χ2n) is 8.14. The van der Waals surface area contributed by atoms with Gasteiger partial charge >= 0.3 is 0 Å². The molecule has 0 saturated carbocycles. The van der Waals surface area contributed by atoms with Gasteiger partial charge in [-0.15, -0.1) is 11.3 Å². The summed E-state index contributed by atoms with van der Waals surface area (Å²) in [6.45, 7) is 6.13. The van der Waals surface area contributed by atoms with Gasteiger partial charge in [0, 0.05) is 22.0 Å². The highest BCUT2D eigenvalue weighted by atomic mass is 35.5. The lowest BCUT2D eigenvalue weighted by atomic mass is 10.2. The van der Waals surface area contributed by atoms with Crippen molar-refractivity contribution < 1.29 is 13.2 Å². The van der Waals surface area contributed by atoms with Crippen LogP contribution in [-0.2, 0) is 10.0 Å². The van der Waals surface area contributed by atoms with Gasteiger partial charge in [0.15, 0.2) is 0 Å². The van der Waals surface area contributed by atoms with Crippen molar-refractivity contribution in [3.63, 3.8) is 0 Å². The van der Waals surface area contributed by atoms with E-state index in [1.165, 1.54) is 15.6 Å². The number of benzene rings is 3. The van der Waals surface area contributed by atoms with Gasteiger partial charge in [-0.3, -0.25) is 9.10 Å². The lowest BCUT2D eigenvalue weighted by molar-refractivity contribution is 0.103. The smallest absolute Gasteiger partial charge is 0.265 e. The second kappa shape index (κ2) is 9.78. The van der Waals surface area contributed by atoms with Gasteiger partial charge in [-0.2, -0.15) is 0 Å². The van der Waals surface area contributed by atoms with Gasteiger partial charge in [-0.05, 0) is 79.7 Å². The number of halogens is 1. The molecule has 0 aliphatic heterocycles. The van der Waals surface area contributed by atoms with E-state index in [1.54, 1.807) is 48.5 Å². The molecule has 0 atom stereocenters. The number of rotatable bonds is 7. The molecule has 5 nitrogen and oxygen atoms in total. The molecule has 0 aliphatic carbocycles. The second-order valence-corrected chi connectivity index (χ2v) is 11.5. The highest BCUT2D eigenvalue weighted by molar-refractivity contribution is 7.92. The third-order valence-corrected chi connectivity index (χ3v) is 8.69. The normalized spacial score (nSPS) is 11.5. The lowest BCUT2D eigenvalue weighted by Gasteiger charge is -2.24. The first-order valence-electron chi connectivity index (χ1n) is 10.9. The van der Waals surface area contributed by atoms with Crippen molar-refractivity contribution in [3.8, 4) is 0 Å². The number of carbonyl (C=O) groups excluding carboxylic acids is 1. The summed E-state index contributed by atoms with van der Waals surface area (Å²) in [5.41, 5.74) is 3.15. The number of nitrogens with zero attached hydrogens (tertiary/aromatic N) is 1. The number of aryl methyl sites for hydroxylation is 2. The molecule has 0 spiro atoms. The Morgan fingerprint density at radius 2 is 1.74 bits per heavy atom. The Kier molecular flexibility index (Phi) is 6.98. The van der Waals surface area contributed by atoms with E-state index in [4.69, 9.17) is 11.6 Å². The number of amides is 1. The van der Waals surface area contributed by atoms with Gasteiger partial charge in [-0.25, -0.2) is 8.42 Å². The Morgan fingerprint density at radius 1 is 1.00 bits per heavy atom. The predicted molar refractivity (Wildman–Crippen MR) is 142 cm³/mol. The molecule has 0 bridgehead atoms. The number of hydrogen-bond donors (Lipinski definition) is 1. The van der Waals surface area contributed by atoms with Crippen LogP contribution in [0.25, 0.3) is 10.1 Å². The maximum absolute atomic E-state index is 13.4. The van der Waals surface area contributed by atoms with Gasteiger partial charge in [0.1, 0.15) is 0 Å². The van der Waals surface area contributed by atoms with E-state index < -0.39 is 10.0 Å². The topological polar surface area (TPSA) is 66.5 Å². The lowest BCUT2D eigenvalue weighted by Crippen LogP contribution is -2.31. The van der Waals surface area contributed by atoms with Crippen molar-refractivity contribution in [1.82, 2.24) is 0 Å². The maximum Gasteiger partial charge on any atom is 0.265 e. The first-order chi connectivity index (χ1) is 16.2. The maximum atomic E-state index is 13.4. The molecular weight excluding hydrogens is 488 g/mol. The molecule has 176 valence electrons. The van der Waals surface area contributed by atoms with E-state index in [-0.39, 0.29) is 10.8 Å². The molecule has 3 aromatic carbocycles. The summed E-state index contributed by atoms with van der Waals surface area (Å²) in [6, 6.07) is 19.5. The Bertz CT molecular complexity index is 1460. The summed E-state index contributed by atoms with van der Waals surface area (Å²) in [5.74, 6) is -0.231. The van der Waals surface area contributed by atoms with Gasteiger partial charge in [0.25, 0.3) is 15.9 Å². The average Bonchev–Trinajstić information content (AvgIpc) is 3.23. The van der Waals surface area contributed by atoms with Gasteiger partial charge < -0.3 is 5.32 Å². The molecule has 0 radical (unpaired) electrons. The summed E-state index contributed by atoms with van der Waals surface area (Å²) >= 11 is 7.43. The van der Waals surface area contributed by atoms with Gasteiger partial charge in [-0.1, -0.05) is 42.3 Å². The van der Waals surface area contributed by atoms with Crippen molar-refractivity contribution >= 4 is 60.3 Å². The molecule has 8 heteroatoms. The number of sulfonamides is 1. The zero-order chi connectivity index (χ0) is 24.5. The average molecular weight is 513 g/mol. The molecule has 1 N–H and O–H groups in total. The Morgan fingerprint density at radius 3 is 2.44 bits per heavy atom. The third kappa shape index (κ3) is 4.97. The predicted octanol–water partition coefficient (Wildman–Crippen LogP) is 7.03. The summed E-state index contributed by atoms with van der Waals surface area (Å²) < 4.78 is 29.1. The minimum Gasteiger partial charge on any atom is -0.321 e. The summed E-state index contributed by atoms with van der Waals surface area (Å²) in [4.78, 5) is 13.7. The molecule has 0 fully saturated rings.